The number of hydrogen-bond acceptors (Lipinski definition) is 4. The maximum Gasteiger partial charge on any atom is 0.255 e. The molecule has 0 saturated carbocycles. The topological polar surface area (TPSA) is 61.9 Å². The zero-order chi connectivity index (χ0) is 23.1. The van der Waals surface area contributed by atoms with Crippen LogP contribution in [0.2, 0.25) is 0 Å². The first-order valence-electron chi connectivity index (χ1n) is 10.3. The van der Waals surface area contributed by atoms with Crippen LogP contribution < -0.4 is 10.2 Å². The molecule has 0 aliphatic rings. The highest BCUT2D eigenvalue weighted by molar-refractivity contribution is 6.04. The largest absolute Gasteiger partial charge is 0.377 e. The van der Waals surface area contributed by atoms with Crippen LogP contribution >= 0.6 is 0 Å². The summed E-state index contributed by atoms with van der Waals surface area (Å²) in [5.41, 5.74) is 2.64. The molecule has 7 heteroatoms. The average Bonchev–Trinajstić information content (AvgIpc) is 2.71. The first kappa shape index (κ1) is 24.3. The minimum atomic E-state index is -0.466. The van der Waals surface area contributed by atoms with Crippen molar-refractivity contribution in [3.05, 3.63) is 59.4 Å². The van der Waals surface area contributed by atoms with Crippen LogP contribution in [0.3, 0.4) is 0 Å². The number of anilines is 2. The SMILES string of the molecule is COCC(=O)N(Cc1cc(NC(=O)c2cccc(F)c2)ccc1N(C)C)[C@H](C)C(C)C. The quantitative estimate of drug-likeness (QED) is 0.650. The molecule has 0 radical (unpaired) electrons. The van der Waals surface area contributed by atoms with Crippen molar-refractivity contribution in [1.82, 2.24) is 4.90 Å². The van der Waals surface area contributed by atoms with Gasteiger partial charge in [-0.3, -0.25) is 9.59 Å². The van der Waals surface area contributed by atoms with E-state index in [4.69, 9.17) is 4.74 Å². The van der Waals surface area contributed by atoms with Crippen LogP contribution in [0.15, 0.2) is 42.5 Å². The molecular formula is C24H32FN3O3. The number of rotatable bonds is 9. The Morgan fingerprint density at radius 1 is 1.10 bits per heavy atom. The van der Waals surface area contributed by atoms with Crippen molar-refractivity contribution in [3.8, 4) is 0 Å². The van der Waals surface area contributed by atoms with Crippen LogP contribution in [-0.2, 0) is 16.1 Å². The van der Waals surface area contributed by atoms with Crippen molar-refractivity contribution >= 4 is 23.2 Å². The van der Waals surface area contributed by atoms with Crippen molar-refractivity contribution in [3.63, 3.8) is 0 Å². The molecule has 1 atom stereocenters. The van der Waals surface area contributed by atoms with Gasteiger partial charge in [0.25, 0.3) is 5.91 Å². The van der Waals surface area contributed by atoms with Crippen molar-refractivity contribution in [2.24, 2.45) is 5.92 Å². The van der Waals surface area contributed by atoms with Gasteiger partial charge in [-0.05, 0) is 54.8 Å². The van der Waals surface area contributed by atoms with Gasteiger partial charge < -0.3 is 19.9 Å². The fourth-order valence-corrected chi connectivity index (χ4v) is 3.27. The first-order chi connectivity index (χ1) is 14.6. The monoisotopic (exact) mass is 429 g/mol. The molecule has 0 fully saturated rings. The number of ether oxygens (including phenoxy) is 1. The minimum Gasteiger partial charge on any atom is -0.377 e. The van der Waals surface area contributed by atoms with E-state index in [1.54, 1.807) is 17.0 Å². The molecule has 0 heterocycles. The van der Waals surface area contributed by atoms with Gasteiger partial charge >= 0.3 is 0 Å². The molecule has 0 saturated heterocycles. The third kappa shape index (κ3) is 6.52. The number of carbonyl (C=O) groups is 2. The predicted molar refractivity (Wildman–Crippen MR) is 122 cm³/mol. The molecule has 2 rings (SSSR count). The van der Waals surface area contributed by atoms with E-state index in [1.165, 1.54) is 25.3 Å². The lowest BCUT2D eigenvalue weighted by Gasteiger charge is -2.33. The first-order valence-corrected chi connectivity index (χ1v) is 10.3. The number of nitrogens with one attached hydrogen (secondary N) is 1. The molecule has 6 nitrogen and oxygen atoms in total. The van der Waals surface area contributed by atoms with E-state index in [9.17, 15) is 14.0 Å². The number of hydrogen-bond donors (Lipinski definition) is 1. The lowest BCUT2D eigenvalue weighted by Crippen LogP contribution is -2.43. The molecule has 0 unspecified atom stereocenters. The Kier molecular flexibility index (Phi) is 8.56. The van der Waals surface area contributed by atoms with Crippen LogP contribution in [0.5, 0.6) is 0 Å². The van der Waals surface area contributed by atoms with Crippen LogP contribution in [0, 0.1) is 11.7 Å². The van der Waals surface area contributed by atoms with E-state index in [-0.39, 0.29) is 30.0 Å². The Hall–Kier alpha value is -2.93. The van der Waals surface area contributed by atoms with E-state index >= 15 is 0 Å². The molecule has 31 heavy (non-hydrogen) atoms. The van der Waals surface area contributed by atoms with Crippen LogP contribution in [0.4, 0.5) is 15.8 Å². The van der Waals surface area contributed by atoms with E-state index in [0.29, 0.717) is 12.2 Å². The van der Waals surface area contributed by atoms with Gasteiger partial charge in [0.2, 0.25) is 5.91 Å². The normalized spacial score (nSPS) is 11.9. The third-order valence-electron chi connectivity index (χ3n) is 5.29. The summed E-state index contributed by atoms with van der Waals surface area (Å²) in [4.78, 5) is 29.0. The fourth-order valence-electron chi connectivity index (χ4n) is 3.27. The van der Waals surface area contributed by atoms with Gasteiger partial charge in [0.15, 0.2) is 0 Å². The lowest BCUT2D eigenvalue weighted by atomic mass is 10.0. The summed E-state index contributed by atoms with van der Waals surface area (Å²) in [5, 5.41) is 2.82. The molecule has 2 aromatic rings. The summed E-state index contributed by atoms with van der Waals surface area (Å²) in [7, 11) is 5.36. The summed E-state index contributed by atoms with van der Waals surface area (Å²) in [5.74, 6) is -0.695. The Balaban J connectivity index is 2.35. The van der Waals surface area contributed by atoms with Crippen LogP contribution in [0.1, 0.15) is 36.7 Å². The highest BCUT2D eigenvalue weighted by Gasteiger charge is 2.24. The second-order valence-electron chi connectivity index (χ2n) is 8.14. The van der Waals surface area contributed by atoms with Gasteiger partial charge in [0.05, 0.1) is 0 Å². The molecule has 2 amide bonds. The van der Waals surface area contributed by atoms with Gasteiger partial charge in [-0.25, -0.2) is 4.39 Å². The van der Waals surface area contributed by atoms with E-state index in [0.717, 1.165) is 11.3 Å². The molecular weight excluding hydrogens is 397 g/mol. The highest BCUT2D eigenvalue weighted by Crippen LogP contribution is 2.26. The number of benzene rings is 2. The smallest absolute Gasteiger partial charge is 0.255 e. The average molecular weight is 430 g/mol. The lowest BCUT2D eigenvalue weighted by molar-refractivity contribution is -0.138. The highest BCUT2D eigenvalue weighted by atomic mass is 19.1. The molecule has 0 aromatic heterocycles. The Bertz CT molecular complexity index is 915. The Morgan fingerprint density at radius 2 is 1.81 bits per heavy atom. The summed E-state index contributed by atoms with van der Waals surface area (Å²) in [6.07, 6.45) is 0. The summed E-state index contributed by atoms with van der Waals surface area (Å²) < 4.78 is 18.5. The predicted octanol–water partition coefficient (Wildman–Crippen LogP) is 4.16. The van der Waals surface area contributed by atoms with Crippen molar-refractivity contribution in [1.29, 1.82) is 0 Å². The standard InChI is InChI=1S/C24H32FN3O3/c1-16(2)17(3)28(23(29)15-31-6)14-19-13-21(10-11-22(19)27(4)5)26-24(30)18-8-7-9-20(25)12-18/h7-13,16-17H,14-15H2,1-6H3,(H,26,30)/t17-/m1/s1. The number of amides is 2. The summed E-state index contributed by atoms with van der Waals surface area (Å²) >= 11 is 0. The van der Waals surface area contributed by atoms with E-state index in [2.05, 4.69) is 19.2 Å². The van der Waals surface area contributed by atoms with Gasteiger partial charge in [0, 0.05) is 50.7 Å². The maximum atomic E-state index is 13.5. The molecule has 168 valence electrons. The second kappa shape index (κ2) is 10.9. The van der Waals surface area contributed by atoms with Crippen LogP contribution in [0.25, 0.3) is 0 Å². The summed E-state index contributed by atoms with van der Waals surface area (Å²) in [6.45, 7) is 6.53. The maximum absolute atomic E-state index is 13.5. The number of nitrogens with zero attached hydrogens (tertiary/aromatic N) is 2. The van der Waals surface area contributed by atoms with Gasteiger partial charge in [-0.2, -0.15) is 0 Å². The zero-order valence-electron chi connectivity index (χ0n) is 19.1. The minimum absolute atomic E-state index is 0.00297. The fraction of sp³-hybridized carbons (Fsp3) is 0.417. The number of methoxy groups -OCH3 is 1. The molecule has 0 aliphatic carbocycles. The molecule has 0 spiro atoms. The van der Waals surface area contributed by atoms with Crippen molar-refractivity contribution in [2.75, 3.05) is 38.0 Å². The second-order valence-corrected chi connectivity index (χ2v) is 8.14. The molecule has 0 aliphatic heterocycles. The molecule has 2 aromatic carbocycles. The zero-order valence-corrected chi connectivity index (χ0v) is 19.1. The summed E-state index contributed by atoms with van der Waals surface area (Å²) in [6, 6.07) is 11.1. The van der Waals surface area contributed by atoms with Crippen LogP contribution in [-0.4, -0.2) is 50.6 Å². The van der Waals surface area contributed by atoms with Gasteiger partial charge in [-0.15, -0.1) is 0 Å². The molecule has 0 bridgehead atoms. The molecule has 1 N–H and O–H groups in total. The third-order valence-corrected chi connectivity index (χ3v) is 5.29. The van der Waals surface area contributed by atoms with E-state index in [1.807, 2.05) is 38.1 Å². The van der Waals surface area contributed by atoms with Gasteiger partial charge in [0.1, 0.15) is 12.4 Å². The number of carbonyl (C=O) groups excluding carboxylic acids is 2. The Morgan fingerprint density at radius 3 is 2.39 bits per heavy atom. The van der Waals surface area contributed by atoms with E-state index < -0.39 is 11.7 Å². The number of halogens is 1. The van der Waals surface area contributed by atoms with Gasteiger partial charge in [-0.1, -0.05) is 19.9 Å². The Labute approximate surface area is 184 Å². The van der Waals surface area contributed by atoms with Crippen molar-refractivity contribution in [2.45, 2.75) is 33.4 Å². The van der Waals surface area contributed by atoms with Crippen molar-refractivity contribution < 1.29 is 18.7 Å².